The molecule has 0 N–H and O–H groups in total. The standard InChI is InChI=1S/C26H27ClFN5O4S2/c1-2-19-21(6-7-22(29-19)33-9-3-13-39(33,35)36)37-15-23(34)31-10-8-20-25(32-11-12-38-26(32)30-20)24(31)17-5-4-16(27)14-18(17)28/h4-7,14,24H,2-3,8-13,15H2,1H3. The number of thioether (sulfide) groups is 1. The van der Waals surface area contributed by atoms with E-state index in [9.17, 15) is 13.2 Å². The summed E-state index contributed by atoms with van der Waals surface area (Å²) in [5, 5.41) is 1.18. The van der Waals surface area contributed by atoms with Gasteiger partial charge in [0.2, 0.25) is 10.0 Å². The summed E-state index contributed by atoms with van der Waals surface area (Å²) >= 11 is 7.70. The Balaban J connectivity index is 1.27. The summed E-state index contributed by atoms with van der Waals surface area (Å²) in [7, 11) is -3.36. The zero-order valence-corrected chi connectivity index (χ0v) is 23.7. The number of rotatable bonds is 6. The Hall–Kier alpha value is -2.83. The molecule has 0 spiro atoms. The van der Waals surface area contributed by atoms with Crippen molar-refractivity contribution in [1.82, 2.24) is 19.4 Å². The predicted molar refractivity (Wildman–Crippen MR) is 146 cm³/mol. The first-order valence-corrected chi connectivity index (χ1v) is 15.8. The third-order valence-electron chi connectivity index (χ3n) is 7.29. The van der Waals surface area contributed by atoms with Crippen molar-refractivity contribution in [2.45, 2.75) is 43.9 Å². The minimum atomic E-state index is -3.36. The van der Waals surface area contributed by atoms with E-state index in [2.05, 4.69) is 9.55 Å². The van der Waals surface area contributed by atoms with Crippen molar-refractivity contribution in [2.24, 2.45) is 0 Å². The van der Waals surface area contributed by atoms with Crippen molar-refractivity contribution in [1.29, 1.82) is 0 Å². The molecule has 9 nitrogen and oxygen atoms in total. The summed E-state index contributed by atoms with van der Waals surface area (Å²) in [6, 6.07) is 7.13. The number of pyridine rings is 1. The number of carbonyl (C=O) groups is 1. The number of hydrogen-bond donors (Lipinski definition) is 0. The number of nitrogens with zero attached hydrogens (tertiary/aromatic N) is 5. The molecule has 13 heteroatoms. The molecule has 3 aliphatic rings. The maximum atomic E-state index is 15.3. The molecule has 1 unspecified atom stereocenters. The quantitative estimate of drug-likeness (QED) is 0.430. The van der Waals surface area contributed by atoms with Gasteiger partial charge in [0, 0.05) is 42.4 Å². The third-order valence-corrected chi connectivity index (χ3v) is 10.3. The molecule has 3 aliphatic heterocycles. The summed E-state index contributed by atoms with van der Waals surface area (Å²) in [5.41, 5.74) is 2.64. The van der Waals surface area contributed by atoms with Crippen molar-refractivity contribution in [3.8, 4) is 5.75 Å². The number of carbonyl (C=O) groups excluding carboxylic acids is 1. The number of aryl methyl sites for hydroxylation is 1. The number of fused-ring (bicyclic) bond motifs is 3. The normalized spacial score (nSPS) is 19.7. The molecule has 1 fully saturated rings. The lowest BCUT2D eigenvalue weighted by molar-refractivity contribution is -0.135. The number of anilines is 1. The van der Waals surface area contributed by atoms with Crippen LogP contribution in [0.4, 0.5) is 10.2 Å². The van der Waals surface area contributed by atoms with Crippen LogP contribution < -0.4 is 9.04 Å². The van der Waals surface area contributed by atoms with E-state index in [4.69, 9.17) is 21.3 Å². The largest absolute Gasteiger partial charge is 0.482 e. The molecule has 1 atom stereocenters. The maximum absolute atomic E-state index is 15.3. The van der Waals surface area contributed by atoms with E-state index in [1.165, 1.54) is 10.4 Å². The van der Waals surface area contributed by atoms with Gasteiger partial charge in [-0.1, -0.05) is 36.4 Å². The van der Waals surface area contributed by atoms with Gasteiger partial charge in [-0.05, 0) is 37.1 Å². The average Bonchev–Trinajstić information content (AvgIpc) is 3.61. The summed E-state index contributed by atoms with van der Waals surface area (Å²) < 4.78 is 49.3. The lowest BCUT2D eigenvalue weighted by Gasteiger charge is -2.36. The smallest absolute Gasteiger partial charge is 0.261 e. The SMILES string of the molecule is CCc1nc(N2CCCS2(=O)=O)ccc1OCC(=O)N1CCc2nc3n(c2C1c1ccc(Cl)cc1F)CCS3. The molecule has 5 heterocycles. The molecule has 1 aromatic carbocycles. The highest BCUT2D eigenvalue weighted by Crippen LogP contribution is 2.41. The highest BCUT2D eigenvalue weighted by atomic mass is 35.5. The van der Waals surface area contributed by atoms with Crippen LogP contribution in [-0.2, 0) is 34.2 Å². The van der Waals surface area contributed by atoms with Crippen LogP contribution in [0, 0.1) is 5.82 Å². The van der Waals surface area contributed by atoms with E-state index < -0.39 is 21.9 Å². The summed E-state index contributed by atoms with van der Waals surface area (Å²) in [4.78, 5) is 24.6. The number of halogens is 2. The molecule has 6 rings (SSSR count). The molecular formula is C26H27ClFN5O4S2. The fraction of sp³-hybridized carbons (Fsp3) is 0.423. The maximum Gasteiger partial charge on any atom is 0.261 e. The van der Waals surface area contributed by atoms with Gasteiger partial charge < -0.3 is 14.2 Å². The Labute approximate surface area is 235 Å². The van der Waals surface area contributed by atoms with Crippen LogP contribution >= 0.6 is 23.4 Å². The number of imidazole rings is 1. The first kappa shape index (κ1) is 26.4. The van der Waals surface area contributed by atoms with Crippen LogP contribution in [0.5, 0.6) is 5.75 Å². The zero-order valence-electron chi connectivity index (χ0n) is 21.3. The van der Waals surface area contributed by atoms with E-state index >= 15 is 4.39 Å². The predicted octanol–water partition coefficient (Wildman–Crippen LogP) is 3.83. The van der Waals surface area contributed by atoms with Crippen LogP contribution in [0.2, 0.25) is 5.02 Å². The molecule has 2 aromatic heterocycles. The second kappa shape index (κ2) is 10.3. The van der Waals surface area contributed by atoms with Gasteiger partial charge >= 0.3 is 0 Å². The second-order valence-electron chi connectivity index (χ2n) is 9.63. The first-order valence-electron chi connectivity index (χ1n) is 12.9. The summed E-state index contributed by atoms with van der Waals surface area (Å²) in [6.07, 6.45) is 1.62. The monoisotopic (exact) mass is 591 g/mol. The first-order chi connectivity index (χ1) is 18.8. The van der Waals surface area contributed by atoms with Gasteiger partial charge in [-0.3, -0.25) is 9.10 Å². The van der Waals surface area contributed by atoms with E-state index in [1.54, 1.807) is 40.9 Å². The van der Waals surface area contributed by atoms with Crippen LogP contribution in [0.25, 0.3) is 0 Å². The van der Waals surface area contributed by atoms with Gasteiger partial charge in [-0.2, -0.15) is 0 Å². The molecule has 0 aliphatic carbocycles. The van der Waals surface area contributed by atoms with Gasteiger partial charge in [0.05, 0.1) is 22.8 Å². The van der Waals surface area contributed by atoms with Crippen LogP contribution in [-0.4, -0.2) is 65.0 Å². The number of hydrogen-bond acceptors (Lipinski definition) is 7. The Morgan fingerprint density at radius 3 is 2.79 bits per heavy atom. The van der Waals surface area contributed by atoms with Gasteiger partial charge in [0.25, 0.3) is 5.91 Å². The minimum absolute atomic E-state index is 0.106. The van der Waals surface area contributed by atoms with Crippen LogP contribution in [0.3, 0.4) is 0 Å². The lowest BCUT2D eigenvalue weighted by Crippen LogP contribution is -2.44. The van der Waals surface area contributed by atoms with Gasteiger partial charge in [-0.15, -0.1) is 0 Å². The van der Waals surface area contributed by atoms with E-state index in [0.717, 1.165) is 28.8 Å². The van der Waals surface area contributed by atoms with Crippen LogP contribution in [0.15, 0.2) is 35.5 Å². The molecule has 0 saturated carbocycles. The molecular weight excluding hydrogens is 565 g/mol. The number of ether oxygens (including phenoxy) is 1. The zero-order chi connectivity index (χ0) is 27.3. The molecule has 206 valence electrons. The summed E-state index contributed by atoms with van der Waals surface area (Å²) in [6.45, 7) is 3.13. The number of sulfonamides is 1. The molecule has 0 radical (unpaired) electrons. The van der Waals surface area contributed by atoms with E-state index in [-0.39, 0.29) is 23.3 Å². The molecule has 39 heavy (non-hydrogen) atoms. The fourth-order valence-electron chi connectivity index (χ4n) is 5.47. The Bertz CT molecular complexity index is 1560. The molecule has 3 aromatic rings. The number of aromatic nitrogens is 3. The Morgan fingerprint density at radius 1 is 1.21 bits per heavy atom. The van der Waals surface area contributed by atoms with Gasteiger partial charge in [0.1, 0.15) is 23.4 Å². The third kappa shape index (κ3) is 4.76. The average molecular weight is 592 g/mol. The van der Waals surface area contributed by atoms with E-state index in [1.807, 2.05) is 6.92 Å². The molecule has 0 bridgehead atoms. The lowest BCUT2D eigenvalue weighted by atomic mass is 9.94. The van der Waals surface area contributed by atoms with Crippen molar-refractivity contribution >= 4 is 45.1 Å². The topological polar surface area (TPSA) is 97.6 Å². The van der Waals surface area contributed by atoms with Gasteiger partial charge in [0.15, 0.2) is 11.8 Å². The fourth-order valence-corrected chi connectivity index (χ4v) is 8.11. The number of benzene rings is 1. The van der Waals surface area contributed by atoms with Crippen molar-refractivity contribution < 1.29 is 22.3 Å². The van der Waals surface area contributed by atoms with Gasteiger partial charge in [-0.25, -0.2) is 22.8 Å². The van der Waals surface area contributed by atoms with Crippen molar-refractivity contribution in [2.75, 3.05) is 35.5 Å². The highest BCUT2D eigenvalue weighted by Gasteiger charge is 2.39. The van der Waals surface area contributed by atoms with Crippen LogP contribution in [0.1, 0.15) is 42.0 Å². The Morgan fingerprint density at radius 2 is 2.05 bits per heavy atom. The molecule has 1 saturated heterocycles. The highest BCUT2D eigenvalue weighted by molar-refractivity contribution is 7.99. The van der Waals surface area contributed by atoms with Crippen molar-refractivity contribution in [3.05, 3.63) is 63.8 Å². The van der Waals surface area contributed by atoms with Crippen molar-refractivity contribution in [3.63, 3.8) is 0 Å². The second-order valence-corrected chi connectivity index (χ2v) is 13.1. The van der Waals surface area contributed by atoms with E-state index in [0.29, 0.717) is 55.2 Å². The number of amides is 1. The summed E-state index contributed by atoms with van der Waals surface area (Å²) in [5.74, 6) is 0.982. The molecule has 1 amide bonds. The minimum Gasteiger partial charge on any atom is -0.482 e. The Kier molecular flexibility index (Phi) is 6.96.